The molecule has 0 aliphatic heterocycles. The fraction of sp³-hybridized carbons (Fsp3) is 0.800. The van der Waals surface area contributed by atoms with Gasteiger partial charge in [0.15, 0.2) is 0 Å². The summed E-state index contributed by atoms with van der Waals surface area (Å²) < 4.78 is 2.22. The molecule has 1 saturated carbocycles. The summed E-state index contributed by atoms with van der Waals surface area (Å²) >= 11 is 0. The van der Waals surface area contributed by atoms with E-state index in [2.05, 4.69) is 32.3 Å². The van der Waals surface area contributed by atoms with E-state index in [1.807, 2.05) is 0 Å². The third kappa shape index (κ3) is 2.40. The van der Waals surface area contributed by atoms with E-state index < -0.39 is 0 Å². The second-order valence-corrected chi connectivity index (χ2v) is 6.07. The summed E-state index contributed by atoms with van der Waals surface area (Å²) in [4.78, 5) is 4.84. The van der Waals surface area contributed by atoms with E-state index in [0.29, 0.717) is 12.0 Å². The first kappa shape index (κ1) is 13.4. The average Bonchev–Trinajstić information content (AvgIpc) is 2.67. The summed E-state index contributed by atoms with van der Waals surface area (Å²) in [5.74, 6) is 3.53. The van der Waals surface area contributed by atoms with Crippen molar-refractivity contribution >= 4 is 5.82 Å². The van der Waals surface area contributed by atoms with Crippen molar-refractivity contribution in [3.8, 4) is 0 Å². The first-order valence-corrected chi connectivity index (χ1v) is 7.41. The van der Waals surface area contributed by atoms with Gasteiger partial charge >= 0.3 is 0 Å². The van der Waals surface area contributed by atoms with Crippen LogP contribution in [0.25, 0.3) is 0 Å². The highest BCUT2D eigenvalue weighted by Crippen LogP contribution is 2.38. The molecule has 0 bridgehead atoms. The van der Waals surface area contributed by atoms with Crippen molar-refractivity contribution in [3.63, 3.8) is 0 Å². The summed E-state index contributed by atoms with van der Waals surface area (Å²) in [6.45, 7) is 8.88. The zero-order valence-corrected chi connectivity index (χ0v) is 12.2. The number of hydrogen-bond donors (Lipinski definition) is 1. The molecular weight excluding hydrogens is 222 g/mol. The Morgan fingerprint density at radius 2 is 1.89 bits per heavy atom. The molecule has 3 nitrogen and oxygen atoms in total. The van der Waals surface area contributed by atoms with Crippen LogP contribution in [0.5, 0.6) is 0 Å². The first-order chi connectivity index (χ1) is 8.54. The summed E-state index contributed by atoms with van der Waals surface area (Å²) in [5.41, 5.74) is 7.52. The van der Waals surface area contributed by atoms with Gasteiger partial charge in [-0.05, 0) is 32.6 Å². The van der Waals surface area contributed by atoms with E-state index in [1.165, 1.54) is 31.4 Å². The Bertz CT molecular complexity index is 398. The molecule has 0 saturated heterocycles. The van der Waals surface area contributed by atoms with Crippen LogP contribution in [0.1, 0.15) is 76.9 Å². The smallest absolute Gasteiger partial charge is 0.127 e. The van der Waals surface area contributed by atoms with Gasteiger partial charge < -0.3 is 10.3 Å². The van der Waals surface area contributed by atoms with E-state index in [1.54, 1.807) is 0 Å². The molecule has 0 amide bonds. The van der Waals surface area contributed by atoms with Gasteiger partial charge in [0.25, 0.3) is 0 Å². The summed E-state index contributed by atoms with van der Waals surface area (Å²) in [6, 6.07) is 0.406. The van der Waals surface area contributed by atoms with Gasteiger partial charge in [-0.1, -0.05) is 26.7 Å². The van der Waals surface area contributed by atoms with Crippen molar-refractivity contribution in [2.45, 2.75) is 71.8 Å². The molecule has 1 fully saturated rings. The highest BCUT2D eigenvalue weighted by atomic mass is 15.2. The van der Waals surface area contributed by atoms with Crippen LogP contribution in [0.3, 0.4) is 0 Å². The molecule has 3 heteroatoms. The molecule has 0 radical (unpaired) electrons. The van der Waals surface area contributed by atoms with E-state index in [9.17, 15) is 0 Å². The lowest BCUT2D eigenvalue weighted by Gasteiger charge is -2.25. The van der Waals surface area contributed by atoms with Crippen molar-refractivity contribution < 1.29 is 0 Å². The third-order valence-electron chi connectivity index (χ3n) is 4.28. The van der Waals surface area contributed by atoms with Gasteiger partial charge in [0.1, 0.15) is 11.6 Å². The van der Waals surface area contributed by atoms with Gasteiger partial charge in [0.05, 0.1) is 5.69 Å². The number of nitrogen functional groups attached to an aromatic ring is 1. The molecule has 1 aromatic heterocycles. The topological polar surface area (TPSA) is 43.8 Å². The Hall–Kier alpha value is -0.990. The lowest BCUT2D eigenvalue weighted by atomic mass is 9.81. The predicted molar refractivity (Wildman–Crippen MR) is 76.8 cm³/mol. The molecular formula is C15H27N3. The molecule has 0 unspecified atom stereocenters. The Kier molecular flexibility index (Phi) is 3.98. The lowest BCUT2D eigenvalue weighted by Crippen LogP contribution is -2.13. The number of nitrogens with two attached hydrogens (primary N) is 1. The van der Waals surface area contributed by atoms with E-state index in [-0.39, 0.29) is 0 Å². The monoisotopic (exact) mass is 249 g/mol. The Morgan fingerprint density at radius 1 is 1.28 bits per heavy atom. The van der Waals surface area contributed by atoms with Crippen LogP contribution in [0.2, 0.25) is 0 Å². The number of rotatable bonds is 3. The standard InChI is InChI=1S/C15H27N3/c1-5-13-17-14(15(16)18(13)10(2)3)12-8-6-11(4)7-9-12/h10-12H,5-9,16H2,1-4H3. The van der Waals surface area contributed by atoms with Crippen LogP contribution in [0.15, 0.2) is 0 Å². The minimum absolute atomic E-state index is 0.406. The molecule has 102 valence electrons. The molecule has 0 aromatic carbocycles. The van der Waals surface area contributed by atoms with Crippen LogP contribution in [-0.2, 0) is 6.42 Å². The third-order valence-corrected chi connectivity index (χ3v) is 4.28. The molecule has 1 aromatic rings. The fourth-order valence-corrected chi connectivity index (χ4v) is 3.17. The number of aromatic nitrogens is 2. The molecule has 0 spiro atoms. The summed E-state index contributed by atoms with van der Waals surface area (Å²) in [5, 5.41) is 0. The fourth-order valence-electron chi connectivity index (χ4n) is 3.17. The molecule has 1 aliphatic rings. The van der Waals surface area contributed by atoms with Gasteiger partial charge in [-0.2, -0.15) is 0 Å². The molecule has 1 heterocycles. The number of nitrogens with zero attached hydrogens (tertiary/aromatic N) is 2. The van der Waals surface area contributed by atoms with Gasteiger partial charge in [-0.3, -0.25) is 0 Å². The second kappa shape index (κ2) is 5.33. The number of imidazole rings is 1. The van der Waals surface area contributed by atoms with Crippen molar-refractivity contribution in [2.75, 3.05) is 5.73 Å². The van der Waals surface area contributed by atoms with E-state index >= 15 is 0 Å². The zero-order chi connectivity index (χ0) is 13.3. The maximum Gasteiger partial charge on any atom is 0.127 e. The Labute approximate surface area is 111 Å². The van der Waals surface area contributed by atoms with Crippen LogP contribution >= 0.6 is 0 Å². The number of hydrogen-bond acceptors (Lipinski definition) is 2. The van der Waals surface area contributed by atoms with Gasteiger partial charge in [-0.15, -0.1) is 0 Å². The number of anilines is 1. The van der Waals surface area contributed by atoms with E-state index in [0.717, 1.165) is 24.0 Å². The Balaban J connectivity index is 2.28. The summed E-state index contributed by atoms with van der Waals surface area (Å²) in [6.07, 6.45) is 6.11. The Morgan fingerprint density at radius 3 is 2.33 bits per heavy atom. The van der Waals surface area contributed by atoms with Crippen LogP contribution < -0.4 is 5.73 Å². The maximum atomic E-state index is 6.35. The van der Waals surface area contributed by atoms with Crippen molar-refractivity contribution in [2.24, 2.45) is 5.92 Å². The van der Waals surface area contributed by atoms with Gasteiger partial charge in [0, 0.05) is 18.4 Å². The quantitative estimate of drug-likeness (QED) is 0.882. The van der Waals surface area contributed by atoms with E-state index in [4.69, 9.17) is 10.7 Å². The van der Waals surface area contributed by atoms with Crippen molar-refractivity contribution in [1.82, 2.24) is 9.55 Å². The average molecular weight is 249 g/mol. The minimum atomic E-state index is 0.406. The normalized spacial score (nSPS) is 24.7. The zero-order valence-electron chi connectivity index (χ0n) is 12.2. The molecule has 0 atom stereocenters. The van der Waals surface area contributed by atoms with Crippen LogP contribution in [0, 0.1) is 5.92 Å². The van der Waals surface area contributed by atoms with Crippen molar-refractivity contribution in [3.05, 3.63) is 11.5 Å². The molecule has 2 N–H and O–H groups in total. The highest BCUT2D eigenvalue weighted by Gasteiger charge is 2.26. The predicted octanol–water partition coefficient (Wildman–Crippen LogP) is 3.90. The van der Waals surface area contributed by atoms with Crippen LogP contribution in [-0.4, -0.2) is 9.55 Å². The SMILES string of the molecule is CCc1nc(C2CCC(C)CC2)c(N)n1C(C)C. The maximum absolute atomic E-state index is 6.35. The summed E-state index contributed by atoms with van der Waals surface area (Å²) in [7, 11) is 0. The molecule has 18 heavy (non-hydrogen) atoms. The highest BCUT2D eigenvalue weighted by molar-refractivity contribution is 5.41. The van der Waals surface area contributed by atoms with Gasteiger partial charge in [-0.25, -0.2) is 4.98 Å². The second-order valence-electron chi connectivity index (χ2n) is 6.07. The van der Waals surface area contributed by atoms with Crippen molar-refractivity contribution in [1.29, 1.82) is 0 Å². The largest absolute Gasteiger partial charge is 0.384 e. The molecule has 1 aliphatic carbocycles. The molecule has 2 rings (SSSR count). The lowest BCUT2D eigenvalue weighted by molar-refractivity contribution is 0.345. The minimum Gasteiger partial charge on any atom is -0.384 e. The first-order valence-electron chi connectivity index (χ1n) is 7.41. The van der Waals surface area contributed by atoms with Gasteiger partial charge in [0.2, 0.25) is 0 Å². The number of aryl methyl sites for hydroxylation is 1. The van der Waals surface area contributed by atoms with Crippen LogP contribution in [0.4, 0.5) is 5.82 Å².